The molecule has 1 aromatic rings. The Morgan fingerprint density at radius 2 is 2.44 bits per heavy atom. The normalized spacial score (nSPS) is 20.9. The molecule has 0 radical (unpaired) electrons. The number of piperidine rings is 1. The number of hydrogen-bond acceptors (Lipinski definition) is 4. The van der Waals surface area contributed by atoms with Gasteiger partial charge in [0.2, 0.25) is 5.88 Å². The van der Waals surface area contributed by atoms with Gasteiger partial charge in [0.1, 0.15) is 5.82 Å². The molecule has 0 amide bonds. The number of aromatic nitrogens is 1. The molecule has 1 aliphatic heterocycles. The average Bonchev–Trinajstić information content (AvgIpc) is 2.39. The molecule has 16 heavy (non-hydrogen) atoms. The maximum atomic E-state index is 5.73. The van der Waals surface area contributed by atoms with E-state index in [0.29, 0.717) is 11.8 Å². The number of methoxy groups -OCH3 is 1. The van der Waals surface area contributed by atoms with Gasteiger partial charge >= 0.3 is 0 Å². The molecule has 2 rings (SSSR count). The fourth-order valence-corrected chi connectivity index (χ4v) is 2.16. The van der Waals surface area contributed by atoms with Crippen molar-refractivity contribution in [2.45, 2.75) is 12.8 Å². The maximum absolute atomic E-state index is 5.73. The van der Waals surface area contributed by atoms with Crippen molar-refractivity contribution in [3.05, 3.63) is 18.2 Å². The Hall–Kier alpha value is -1.29. The van der Waals surface area contributed by atoms with Crippen LogP contribution in [-0.4, -0.2) is 31.7 Å². The highest BCUT2D eigenvalue weighted by Crippen LogP contribution is 2.22. The molecule has 1 fully saturated rings. The number of pyridine rings is 1. The van der Waals surface area contributed by atoms with E-state index in [1.165, 1.54) is 12.8 Å². The first-order valence-corrected chi connectivity index (χ1v) is 5.79. The van der Waals surface area contributed by atoms with Gasteiger partial charge in [-0.1, -0.05) is 6.07 Å². The van der Waals surface area contributed by atoms with Crippen LogP contribution in [0.15, 0.2) is 18.2 Å². The van der Waals surface area contributed by atoms with E-state index in [9.17, 15) is 0 Å². The maximum Gasteiger partial charge on any atom is 0.214 e. The van der Waals surface area contributed by atoms with Crippen molar-refractivity contribution < 1.29 is 4.74 Å². The van der Waals surface area contributed by atoms with Gasteiger partial charge in [-0.2, -0.15) is 4.98 Å². The van der Waals surface area contributed by atoms with Crippen LogP contribution in [-0.2, 0) is 0 Å². The molecule has 0 saturated carbocycles. The summed E-state index contributed by atoms with van der Waals surface area (Å²) in [5.74, 6) is 2.27. The molecule has 1 unspecified atom stereocenters. The van der Waals surface area contributed by atoms with E-state index < -0.39 is 0 Å². The van der Waals surface area contributed by atoms with Crippen LogP contribution in [0.4, 0.5) is 5.82 Å². The second kappa shape index (κ2) is 5.16. The summed E-state index contributed by atoms with van der Waals surface area (Å²) in [6, 6.07) is 5.88. The standard InChI is InChI=1S/C12H19N3O/c1-16-12-6-2-5-11(14-12)15-7-3-4-10(8-13)9-15/h2,5-6,10H,3-4,7-9,13H2,1H3. The largest absolute Gasteiger partial charge is 0.481 e. The van der Waals surface area contributed by atoms with Crippen molar-refractivity contribution in [1.82, 2.24) is 4.98 Å². The van der Waals surface area contributed by atoms with Crippen LogP contribution in [0, 0.1) is 5.92 Å². The van der Waals surface area contributed by atoms with Gasteiger partial charge in [0, 0.05) is 19.2 Å². The lowest BCUT2D eigenvalue weighted by Gasteiger charge is -2.33. The Balaban J connectivity index is 2.10. The third-order valence-corrected chi connectivity index (χ3v) is 3.09. The highest BCUT2D eigenvalue weighted by atomic mass is 16.5. The molecule has 88 valence electrons. The molecule has 1 saturated heterocycles. The summed E-state index contributed by atoms with van der Waals surface area (Å²) in [5, 5.41) is 0. The summed E-state index contributed by atoms with van der Waals surface area (Å²) in [6.45, 7) is 2.84. The highest BCUT2D eigenvalue weighted by molar-refractivity contribution is 5.41. The minimum atomic E-state index is 0.599. The van der Waals surface area contributed by atoms with Crippen LogP contribution in [0.3, 0.4) is 0 Å². The van der Waals surface area contributed by atoms with Crippen LogP contribution in [0.2, 0.25) is 0 Å². The second-order valence-corrected chi connectivity index (χ2v) is 4.23. The van der Waals surface area contributed by atoms with Gasteiger partial charge in [-0.15, -0.1) is 0 Å². The number of anilines is 1. The van der Waals surface area contributed by atoms with Crippen molar-refractivity contribution in [2.75, 3.05) is 31.6 Å². The topological polar surface area (TPSA) is 51.4 Å². The Bertz CT molecular complexity index is 343. The first-order chi connectivity index (χ1) is 7.83. The quantitative estimate of drug-likeness (QED) is 0.835. The molecular weight excluding hydrogens is 202 g/mol. The molecule has 0 bridgehead atoms. The van der Waals surface area contributed by atoms with E-state index in [2.05, 4.69) is 9.88 Å². The lowest BCUT2D eigenvalue weighted by atomic mass is 9.98. The van der Waals surface area contributed by atoms with Crippen molar-refractivity contribution >= 4 is 5.82 Å². The number of hydrogen-bond donors (Lipinski definition) is 1. The van der Waals surface area contributed by atoms with E-state index in [0.717, 1.165) is 25.5 Å². The third-order valence-electron chi connectivity index (χ3n) is 3.09. The van der Waals surface area contributed by atoms with Crippen molar-refractivity contribution in [3.63, 3.8) is 0 Å². The molecule has 1 aliphatic rings. The van der Waals surface area contributed by atoms with Gasteiger partial charge in [0.25, 0.3) is 0 Å². The molecule has 1 atom stereocenters. The van der Waals surface area contributed by atoms with Crippen molar-refractivity contribution in [1.29, 1.82) is 0 Å². The number of nitrogens with two attached hydrogens (primary N) is 1. The average molecular weight is 221 g/mol. The molecule has 4 heteroatoms. The first kappa shape index (κ1) is 11.2. The van der Waals surface area contributed by atoms with Crippen LogP contribution in [0.1, 0.15) is 12.8 Å². The molecule has 0 aliphatic carbocycles. The molecule has 2 heterocycles. The molecule has 1 aromatic heterocycles. The summed E-state index contributed by atoms with van der Waals surface area (Å²) in [4.78, 5) is 6.74. The van der Waals surface area contributed by atoms with E-state index in [1.807, 2.05) is 18.2 Å². The van der Waals surface area contributed by atoms with Crippen LogP contribution < -0.4 is 15.4 Å². The summed E-state index contributed by atoms with van der Waals surface area (Å²) in [7, 11) is 1.64. The first-order valence-electron chi connectivity index (χ1n) is 5.79. The molecular formula is C12H19N3O. The minimum Gasteiger partial charge on any atom is -0.481 e. The minimum absolute atomic E-state index is 0.599. The summed E-state index contributed by atoms with van der Waals surface area (Å²) in [5.41, 5.74) is 5.73. The van der Waals surface area contributed by atoms with E-state index >= 15 is 0 Å². The van der Waals surface area contributed by atoms with Gasteiger partial charge in [0.05, 0.1) is 7.11 Å². The van der Waals surface area contributed by atoms with Crippen LogP contribution >= 0.6 is 0 Å². The molecule has 2 N–H and O–H groups in total. The monoisotopic (exact) mass is 221 g/mol. The Morgan fingerprint density at radius 3 is 3.19 bits per heavy atom. The SMILES string of the molecule is COc1cccc(N2CCCC(CN)C2)n1. The zero-order valence-corrected chi connectivity index (χ0v) is 9.72. The van der Waals surface area contributed by atoms with Gasteiger partial charge in [-0.25, -0.2) is 0 Å². The Labute approximate surface area is 96.4 Å². The van der Waals surface area contributed by atoms with Crippen molar-refractivity contribution in [3.8, 4) is 5.88 Å². The van der Waals surface area contributed by atoms with Crippen LogP contribution in [0.5, 0.6) is 5.88 Å². The Morgan fingerprint density at radius 1 is 1.56 bits per heavy atom. The molecule has 4 nitrogen and oxygen atoms in total. The zero-order chi connectivity index (χ0) is 11.4. The highest BCUT2D eigenvalue weighted by Gasteiger charge is 2.19. The second-order valence-electron chi connectivity index (χ2n) is 4.23. The lowest BCUT2D eigenvalue weighted by molar-refractivity contribution is 0.393. The smallest absolute Gasteiger partial charge is 0.214 e. The number of nitrogens with zero attached hydrogens (tertiary/aromatic N) is 2. The van der Waals surface area contributed by atoms with E-state index in [-0.39, 0.29) is 0 Å². The van der Waals surface area contributed by atoms with E-state index in [4.69, 9.17) is 10.5 Å². The fraction of sp³-hybridized carbons (Fsp3) is 0.583. The molecule has 0 spiro atoms. The van der Waals surface area contributed by atoms with Gasteiger partial charge in [-0.05, 0) is 31.4 Å². The summed E-state index contributed by atoms with van der Waals surface area (Å²) < 4.78 is 5.14. The van der Waals surface area contributed by atoms with Gasteiger partial charge in [-0.3, -0.25) is 0 Å². The lowest BCUT2D eigenvalue weighted by Crippen LogP contribution is -2.38. The summed E-state index contributed by atoms with van der Waals surface area (Å²) >= 11 is 0. The molecule has 0 aromatic carbocycles. The fourth-order valence-electron chi connectivity index (χ4n) is 2.16. The number of rotatable bonds is 3. The van der Waals surface area contributed by atoms with Gasteiger partial charge < -0.3 is 15.4 Å². The summed E-state index contributed by atoms with van der Waals surface area (Å²) in [6.07, 6.45) is 2.43. The third kappa shape index (κ3) is 2.44. The predicted octanol–water partition coefficient (Wildman–Crippen LogP) is 1.27. The van der Waals surface area contributed by atoms with E-state index in [1.54, 1.807) is 7.11 Å². The zero-order valence-electron chi connectivity index (χ0n) is 9.72. The Kier molecular flexibility index (Phi) is 3.62. The van der Waals surface area contributed by atoms with Crippen LogP contribution in [0.25, 0.3) is 0 Å². The number of ether oxygens (including phenoxy) is 1. The van der Waals surface area contributed by atoms with Crippen molar-refractivity contribution in [2.24, 2.45) is 11.7 Å². The predicted molar refractivity (Wildman–Crippen MR) is 64.8 cm³/mol. The van der Waals surface area contributed by atoms with Gasteiger partial charge in [0.15, 0.2) is 0 Å².